The van der Waals surface area contributed by atoms with Gasteiger partial charge in [-0.2, -0.15) is 10.4 Å². The maximum absolute atomic E-state index is 10.5. The van der Waals surface area contributed by atoms with Crippen LogP contribution in [0.5, 0.6) is 0 Å². The molecule has 0 radical (unpaired) electrons. The molecule has 0 aliphatic heterocycles. The van der Waals surface area contributed by atoms with Crippen molar-refractivity contribution in [2.75, 3.05) is 7.05 Å². The van der Waals surface area contributed by atoms with Gasteiger partial charge >= 0.3 is 0 Å². The van der Waals surface area contributed by atoms with Gasteiger partial charge in [0.1, 0.15) is 7.05 Å². The van der Waals surface area contributed by atoms with Crippen molar-refractivity contribution in [2.24, 2.45) is 5.73 Å². The molecule has 0 saturated heterocycles. The largest absolute Gasteiger partial charge is 0.596 e. The maximum Gasteiger partial charge on any atom is 0.173 e. The molecule has 0 aromatic rings. The predicted molar refractivity (Wildman–Crippen MR) is 44.1 cm³/mol. The molecule has 12 heavy (non-hydrogen) atoms. The van der Waals surface area contributed by atoms with E-state index in [9.17, 15) is 5.21 Å². The lowest BCUT2D eigenvalue weighted by Gasteiger charge is -2.35. The zero-order chi connectivity index (χ0) is 9.78. The number of hydroxylamine groups is 3. The Labute approximate surface area is 72.5 Å². The highest BCUT2D eigenvalue weighted by molar-refractivity contribution is 4.64. The van der Waals surface area contributed by atoms with Crippen LogP contribution in [0.15, 0.2) is 0 Å². The van der Waals surface area contributed by atoms with Crippen molar-refractivity contribution in [3.63, 3.8) is 0 Å². The van der Waals surface area contributed by atoms with E-state index in [2.05, 4.69) is 4.94 Å². The van der Waals surface area contributed by atoms with Crippen LogP contribution in [0.1, 0.15) is 26.7 Å². The molecule has 5 N–H and O–H groups in total. The topological polar surface area (TPSA) is 91.0 Å². The highest BCUT2D eigenvalue weighted by Crippen LogP contribution is 2.01. The number of hydrogen-bond acceptors (Lipinski definition) is 3. The highest BCUT2D eigenvalue weighted by Gasteiger charge is 2.30. The van der Waals surface area contributed by atoms with Gasteiger partial charge in [-0.1, -0.05) is 13.8 Å². The Morgan fingerprint density at radius 2 is 1.92 bits per heavy atom. The van der Waals surface area contributed by atoms with Crippen LogP contribution in [0, 0.1) is 5.21 Å². The first kappa shape index (κ1) is 11.8. The number of quaternary nitrogens is 2. The second kappa shape index (κ2) is 4.70. The summed E-state index contributed by atoms with van der Waals surface area (Å²) in [6.07, 6.45) is 1.19. The Kier molecular flexibility index (Phi) is 4.61. The van der Waals surface area contributed by atoms with Crippen molar-refractivity contribution in [3.05, 3.63) is 11.0 Å². The minimum Gasteiger partial charge on any atom is -0.596 e. The molecule has 0 rings (SSSR count). The van der Waals surface area contributed by atoms with Crippen molar-refractivity contribution >= 4 is 0 Å². The summed E-state index contributed by atoms with van der Waals surface area (Å²) in [6, 6.07) is 0. The van der Waals surface area contributed by atoms with Gasteiger partial charge in [0, 0.05) is 12.8 Å². The van der Waals surface area contributed by atoms with Gasteiger partial charge in [0.05, 0.1) is 0 Å². The van der Waals surface area contributed by atoms with Crippen molar-refractivity contribution in [1.82, 2.24) is 0 Å². The molecule has 0 spiro atoms. The molecule has 0 amide bonds. The lowest BCUT2D eigenvalue weighted by molar-refractivity contribution is -1.32. The van der Waals surface area contributed by atoms with Gasteiger partial charge in [0.2, 0.25) is 0 Å². The van der Waals surface area contributed by atoms with E-state index in [1.165, 1.54) is 7.05 Å². The third kappa shape index (κ3) is 3.02. The van der Waals surface area contributed by atoms with Gasteiger partial charge in [-0.15, -0.1) is 0 Å². The van der Waals surface area contributed by atoms with Gasteiger partial charge in [0.15, 0.2) is 5.66 Å². The average Bonchev–Trinajstić information content (AvgIpc) is 2.02. The summed E-state index contributed by atoms with van der Waals surface area (Å²) in [5.74, 6) is 7.40. The van der Waals surface area contributed by atoms with Crippen molar-refractivity contribution < 1.29 is 15.3 Å². The summed E-state index contributed by atoms with van der Waals surface area (Å²) >= 11 is 0. The van der Waals surface area contributed by atoms with Crippen LogP contribution in [0.3, 0.4) is 0 Å². The van der Waals surface area contributed by atoms with Crippen LogP contribution in [-0.2, 0) is 4.94 Å². The van der Waals surface area contributed by atoms with Crippen LogP contribution in [-0.4, -0.2) is 12.7 Å². The number of hydrogen-bond donors (Lipinski definition) is 3. The van der Waals surface area contributed by atoms with E-state index in [0.717, 1.165) is 0 Å². The first-order chi connectivity index (χ1) is 5.46. The first-order valence-corrected chi connectivity index (χ1v) is 4.02. The molecule has 0 heterocycles. The molecule has 2 atom stereocenters. The second-order valence-corrected chi connectivity index (χ2v) is 2.79. The molecule has 0 aromatic heterocycles. The molecule has 6 nitrogen and oxygen atoms in total. The van der Waals surface area contributed by atoms with Crippen molar-refractivity contribution in [2.45, 2.75) is 32.4 Å². The van der Waals surface area contributed by atoms with E-state index in [1.54, 1.807) is 0 Å². The summed E-state index contributed by atoms with van der Waals surface area (Å²) in [4.78, 5) is 4.62. The Balaban J connectivity index is 4.11. The molecule has 0 aliphatic rings. The quantitative estimate of drug-likeness (QED) is 0.342. The van der Waals surface area contributed by atoms with Gasteiger partial charge in [-0.05, 0) is 4.94 Å². The molecule has 74 valence electrons. The van der Waals surface area contributed by atoms with Crippen LogP contribution >= 0.6 is 0 Å². The fourth-order valence-electron chi connectivity index (χ4n) is 0.816. The monoisotopic (exact) mass is 178 g/mol. The van der Waals surface area contributed by atoms with Crippen LogP contribution in [0.2, 0.25) is 0 Å². The summed E-state index contributed by atoms with van der Waals surface area (Å²) in [5.41, 5.74) is 5.00. The fraction of sp³-hybridized carbons (Fsp3) is 1.00. The first-order valence-electron chi connectivity index (χ1n) is 4.02. The van der Waals surface area contributed by atoms with E-state index >= 15 is 0 Å². The Hall–Kier alpha value is -0.240. The normalized spacial score (nSPS) is 17.5. The molecular formula is C6H18N4O2. The Bertz CT molecular complexity index is 127. The predicted octanol–water partition coefficient (Wildman–Crippen LogP) is -1.83. The zero-order valence-electron chi connectivity index (χ0n) is 7.81. The van der Waals surface area contributed by atoms with Gasteiger partial charge in [-0.25, -0.2) is 0 Å². The van der Waals surface area contributed by atoms with E-state index in [-0.39, 0.29) is 5.17 Å². The molecule has 0 aromatic carbocycles. The summed E-state index contributed by atoms with van der Waals surface area (Å²) < 4.78 is 0. The highest BCUT2D eigenvalue weighted by atomic mass is 17.0. The van der Waals surface area contributed by atoms with E-state index < -0.39 is 10.9 Å². The van der Waals surface area contributed by atoms with Crippen molar-refractivity contribution in [3.8, 4) is 0 Å². The van der Waals surface area contributed by atoms with Gasteiger partial charge in [-0.3, -0.25) is 5.73 Å². The lowest BCUT2D eigenvalue weighted by atomic mass is 10.1. The second-order valence-electron chi connectivity index (χ2n) is 2.79. The van der Waals surface area contributed by atoms with E-state index in [1.807, 2.05) is 13.8 Å². The standard InChI is InChI=1S/C6H18N4O2/c1-4-6(7,5-2)10(8)12-9(3)11/h8-10H,4-5,7H2,1-3H3. The van der Waals surface area contributed by atoms with Crippen LogP contribution < -0.4 is 16.1 Å². The summed E-state index contributed by atoms with van der Waals surface area (Å²) in [6.45, 7) is 3.73. The Morgan fingerprint density at radius 1 is 1.50 bits per heavy atom. The average molecular weight is 178 g/mol. The van der Waals surface area contributed by atoms with Gasteiger partial charge < -0.3 is 11.0 Å². The summed E-state index contributed by atoms with van der Waals surface area (Å²) in [5, 5.41) is 9.89. The maximum atomic E-state index is 10.5. The van der Waals surface area contributed by atoms with Gasteiger partial charge in [0.25, 0.3) is 0 Å². The third-order valence-corrected chi connectivity index (χ3v) is 1.96. The molecular weight excluding hydrogens is 160 g/mol. The molecule has 0 saturated carbocycles. The SMILES string of the molecule is CCC(N)(CC)[NH+]([NH-])O[NH+](C)[O-]. The van der Waals surface area contributed by atoms with Crippen LogP contribution in [0.4, 0.5) is 0 Å². The lowest BCUT2D eigenvalue weighted by Crippen LogP contribution is -3.28. The smallest absolute Gasteiger partial charge is 0.173 e. The summed E-state index contributed by atoms with van der Waals surface area (Å²) in [7, 11) is 1.26. The van der Waals surface area contributed by atoms with E-state index in [4.69, 9.17) is 11.6 Å². The number of nitrogens with two attached hydrogens (primary N) is 1. The van der Waals surface area contributed by atoms with Crippen molar-refractivity contribution in [1.29, 1.82) is 0 Å². The number of nitrogens with one attached hydrogen (secondary N) is 3. The molecule has 0 bridgehead atoms. The third-order valence-electron chi connectivity index (χ3n) is 1.96. The molecule has 0 aliphatic carbocycles. The number of rotatable bonds is 5. The van der Waals surface area contributed by atoms with E-state index in [0.29, 0.717) is 12.8 Å². The Morgan fingerprint density at radius 3 is 2.17 bits per heavy atom. The fourth-order valence-corrected chi connectivity index (χ4v) is 0.816. The molecule has 0 fully saturated rings. The molecule has 2 unspecified atom stereocenters. The van der Waals surface area contributed by atoms with Crippen LogP contribution in [0.25, 0.3) is 5.84 Å². The zero-order valence-corrected chi connectivity index (χ0v) is 7.81. The minimum atomic E-state index is -0.786. The molecule has 6 heteroatoms. The minimum absolute atomic E-state index is 0.139.